The third-order valence-electron chi connectivity index (χ3n) is 3.49. The van der Waals surface area contributed by atoms with Crippen LogP contribution in [-0.2, 0) is 0 Å². The van der Waals surface area contributed by atoms with E-state index in [1.165, 1.54) is 18.2 Å². The number of aromatic hydroxyl groups is 1. The summed E-state index contributed by atoms with van der Waals surface area (Å²) in [5, 5.41) is 22.7. The Balaban J connectivity index is 2.20. The molecule has 3 rings (SSSR count). The first-order valence-electron chi connectivity index (χ1n) is 6.87. The molecule has 0 bridgehead atoms. The third-order valence-corrected chi connectivity index (χ3v) is 3.49. The minimum absolute atomic E-state index is 0.0280. The Morgan fingerprint density at radius 1 is 1.04 bits per heavy atom. The maximum atomic E-state index is 11.6. The van der Waals surface area contributed by atoms with Gasteiger partial charge in [-0.05, 0) is 29.0 Å². The quantitative estimate of drug-likeness (QED) is 0.501. The van der Waals surface area contributed by atoms with Crippen LogP contribution in [0.2, 0.25) is 0 Å². The summed E-state index contributed by atoms with van der Waals surface area (Å²) in [4.78, 5) is 37.1. The number of nitrogens with zero attached hydrogens (tertiary/aromatic N) is 1. The molecule has 0 aliphatic rings. The highest BCUT2D eigenvalue weighted by atomic mass is 16.6. The topological polar surface area (TPSA) is 129 Å². The van der Waals surface area contributed by atoms with Crippen LogP contribution in [0.5, 0.6) is 5.75 Å². The van der Waals surface area contributed by atoms with Gasteiger partial charge in [-0.1, -0.05) is 30.3 Å². The molecule has 0 atom stereocenters. The van der Waals surface area contributed by atoms with E-state index in [9.17, 15) is 24.8 Å². The van der Waals surface area contributed by atoms with Crippen molar-refractivity contribution in [2.75, 3.05) is 0 Å². The molecule has 0 aliphatic heterocycles. The Labute approximate surface area is 133 Å². The molecule has 120 valence electrons. The van der Waals surface area contributed by atoms with Crippen molar-refractivity contribution in [3.8, 4) is 5.75 Å². The van der Waals surface area contributed by atoms with Gasteiger partial charge in [0.1, 0.15) is 11.4 Å². The molecule has 24 heavy (non-hydrogen) atoms. The summed E-state index contributed by atoms with van der Waals surface area (Å²) in [5.74, 6) is -0.0280. The van der Waals surface area contributed by atoms with Gasteiger partial charge in [0.2, 0.25) is 0 Å². The first-order valence-corrected chi connectivity index (χ1v) is 6.87. The number of nitrogens with one attached hydrogen (secondary N) is 2. The maximum absolute atomic E-state index is 11.6. The summed E-state index contributed by atoms with van der Waals surface area (Å²) in [6.45, 7) is 0. The summed E-state index contributed by atoms with van der Waals surface area (Å²) in [5.41, 5.74) is -2.55. The van der Waals surface area contributed by atoms with Crippen molar-refractivity contribution in [1.29, 1.82) is 0 Å². The van der Waals surface area contributed by atoms with E-state index < -0.39 is 21.9 Å². The van der Waals surface area contributed by atoms with Gasteiger partial charge >= 0.3 is 16.9 Å². The van der Waals surface area contributed by atoms with Crippen molar-refractivity contribution in [2.45, 2.75) is 0 Å². The van der Waals surface area contributed by atoms with Gasteiger partial charge in [0.05, 0.1) is 4.92 Å². The molecule has 8 nitrogen and oxygen atoms in total. The van der Waals surface area contributed by atoms with Gasteiger partial charge in [0.15, 0.2) is 0 Å². The summed E-state index contributed by atoms with van der Waals surface area (Å²) in [6, 6.07) is 10.5. The van der Waals surface area contributed by atoms with E-state index in [1.807, 2.05) is 17.1 Å². The molecule has 0 amide bonds. The molecule has 3 N–H and O–H groups in total. The minimum Gasteiger partial charge on any atom is -0.507 e. The zero-order valence-corrected chi connectivity index (χ0v) is 12.1. The summed E-state index contributed by atoms with van der Waals surface area (Å²) in [7, 11) is 0. The molecule has 2 aromatic carbocycles. The van der Waals surface area contributed by atoms with Gasteiger partial charge in [0.25, 0.3) is 0 Å². The number of phenols is 1. The summed E-state index contributed by atoms with van der Waals surface area (Å²) >= 11 is 0. The zero-order valence-electron chi connectivity index (χ0n) is 12.1. The molecule has 0 unspecified atom stereocenters. The number of nitro groups is 1. The number of benzene rings is 2. The highest BCUT2D eigenvalue weighted by molar-refractivity contribution is 5.95. The molecular formula is C16H11N3O5. The normalized spacial score (nSPS) is 11.2. The van der Waals surface area contributed by atoms with Crippen molar-refractivity contribution in [3.05, 3.63) is 78.6 Å². The lowest BCUT2D eigenvalue weighted by Crippen LogP contribution is -2.25. The second-order valence-electron chi connectivity index (χ2n) is 4.98. The molecule has 0 radical (unpaired) electrons. The number of fused-ring (bicyclic) bond motifs is 1. The zero-order chi connectivity index (χ0) is 17.3. The van der Waals surface area contributed by atoms with Crippen LogP contribution in [0.3, 0.4) is 0 Å². The lowest BCUT2D eigenvalue weighted by molar-refractivity contribution is -0.386. The molecule has 3 aromatic rings. The molecule has 0 saturated heterocycles. The predicted molar refractivity (Wildman–Crippen MR) is 88.9 cm³/mol. The van der Waals surface area contributed by atoms with Crippen molar-refractivity contribution in [3.63, 3.8) is 0 Å². The lowest BCUT2D eigenvalue weighted by Gasteiger charge is -2.05. The smallest absolute Gasteiger partial charge is 0.357 e. The average molecular weight is 325 g/mol. The number of rotatable bonds is 3. The summed E-state index contributed by atoms with van der Waals surface area (Å²) in [6.07, 6.45) is 2.63. The second-order valence-corrected chi connectivity index (χ2v) is 4.98. The Kier molecular flexibility index (Phi) is 3.70. The van der Waals surface area contributed by atoms with Crippen molar-refractivity contribution in [1.82, 2.24) is 9.97 Å². The van der Waals surface area contributed by atoms with Gasteiger partial charge in [0, 0.05) is 5.56 Å². The number of aromatic amines is 2. The monoisotopic (exact) mass is 325 g/mol. The van der Waals surface area contributed by atoms with Gasteiger partial charge in [-0.15, -0.1) is 0 Å². The maximum Gasteiger partial charge on any atom is 0.357 e. The first kappa shape index (κ1) is 15.2. The van der Waals surface area contributed by atoms with E-state index in [-0.39, 0.29) is 11.4 Å². The fourth-order valence-electron chi connectivity index (χ4n) is 2.43. The van der Waals surface area contributed by atoms with Crippen LogP contribution in [0.25, 0.3) is 22.9 Å². The van der Waals surface area contributed by atoms with Gasteiger partial charge < -0.3 is 10.1 Å². The Hall–Kier alpha value is -3.68. The number of hydrogen-bond acceptors (Lipinski definition) is 5. The number of H-pyrrole nitrogens is 2. The van der Waals surface area contributed by atoms with E-state index >= 15 is 0 Å². The van der Waals surface area contributed by atoms with Crippen LogP contribution < -0.4 is 11.2 Å². The number of hydrogen-bond donors (Lipinski definition) is 3. The Morgan fingerprint density at radius 2 is 1.79 bits per heavy atom. The van der Waals surface area contributed by atoms with Gasteiger partial charge in [-0.2, -0.15) is 0 Å². The third kappa shape index (κ3) is 2.68. The average Bonchev–Trinajstić information content (AvgIpc) is 2.52. The SMILES string of the molecule is O=c1[nH]c(/C=C/c2c(O)ccc3ccccc23)c([N+](=O)[O-])c(=O)[nH]1. The second kappa shape index (κ2) is 5.84. The largest absolute Gasteiger partial charge is 0.507 e. The highest BCUT2D eigenvalue weighted by Gasteiger charge is 2.19. The van der Waals surface area contributed by atoms with E-state index in [2.05, 4.69) is 4.98 Å². The van der Waals surface area contributed by atoms with E-state index in [0.717, 1.165) is 10.8 Å². The lowest BCUT2D eigenvalue weighted by atomic mass is 10.0. The minimum atomic E-state index is -1.09. The predicted octanol–water partition coefficient (Wildman–Crippen LogP) is 2.00. The molecule has 1 aromatic heterocycles. The van der Waals surface area contributed by atoms with Crippen LogP contribution >= 0.6 is 0 Å². The molecular weight excluding hydrogens is 314 g/mol. The van der Waals surface area contributed by atoms with Crippen LogP contribution in [-0.4, -0.2) is 20.0 Å². The van der Waals surface area contributed by atoms with Crippen LogP contribution in [0.1, 0.15) is 11.3 Å². The molecule has 0 fully saturated rings. The van der Waals surface area contributed by atoms with E-state index in [4.69, 9.17) is 0 Å². The van der Waals surface area contributed by atoms with Crippen molar-refractivity contribution < 1.29 is 10.0 Å². The summed E-state index contributed by atoms with van der Waals surface area (Å²) < 4.78 is 0. The van der Waals surface area contributed by atoms with Crippen LogP contribution in [0, 0.1) is 10.1 Å². The Bertz CT molecular complexity index is 1090. The molecule has 1 heterocycles. The fourth-order valence-corrected chi connectivity index (χ4v) is 2.43. The molecule has 8 heteroatoms. The molecule has 0 aliphatic carbocycles. The van der Waals surface area contributed by atoms with E-state index in [0.29, 0.717) is 5.56 Å². The van der Waals surface area contributed by atoms with Crippen molar-refractivity contribution >= 4 is 28.6 Å². The van der Waals surface area contributed by atoms with Gasteiger partial charge in [-0.25, -0.2) is 4.79 Å². The standard InChI is InChI=1S/C16H11N3O5/c20-13-8-5-9-3-1-2-4-10(9)11(13)6-7-12-14(19(23)24)15(21)18-16(22)17-12/h1-8,20H,(H2,17,18,21,22)/b7-6+. The molecule has 0 spiro atoms. The first-order chi connectivity index (χ1) is 11.5. The van der Waals surface area contributed by atoms with Crippen molar-refractivity contribution in [2.24, 2.45) is 0 Å². The number of aromatic nitrogens is 2. The van der Waals surface area contributed by atoms with Gasteiger partial charge in [-0.3, -0.25) is 19.9 Å². The van der Waals surface area contributed by atoms with Crippen LogP contribution in [0.15, 0.2) is 46.0 Å². The van der Waals surface area contributed by atoms with E-state index in [1.54, 1.807) is 18.2 Å². The Morgan fingerprint density at radius 3 is 2.54 bits per heavy atom. The number of phenolic OH excluding ortho intramolecular Hbond substituents is 1. The molecule has 0 saturated carbocycles. The fraction of sp³-hybridized carbons (Fsp3) is 0. The van der Waals surface area contributed by atoms with Crippen LogP contribution in [0.4, 0.5) is 5.69 Å². The highest BCUT2D eigenvalue weighted by Crippen LogP contribution is 2.29.